The predicted molar refractivity (Wildman–Crippen MR) is 84.6 cm³/mol. The monoisotopic (exact) mass is 418 g/mol. The van der Waals surface area contributed by atoms with Crippen molar-refractivity contribution in [3.8, 4) is 11.5 Å². The second kappa shape index (κ2) is 5.92. The predicted octanol–water partition coefficient (Wildman–Crippen LogP) is 3.65. The Morgan fingerprint density at radius 2 is 2.17 bits per heavy atom. The van der Waals surface area contributed by atoms with Gasteiger partial charge in [-0.2, -0.15) is 0 Å². The molecule has 0 spiro atoms. The molecule has 2 aromatic rings. The van der Waals surface area contributed by atoms with Gasteiger partial charge in [-0.3, -0.25) is 4.98 Å². The van der Waals surface area contributed by atoms with Crippen molar-refractivity contribution in [2.75, 3.05) is 11.9 Å². The first-order valence-corrected chi connectivity index (χ1v) is 7.39. The third kappa shape index (κ3) is 2.80. The van der Waals surface area contributed by atoms with Gasteiger partial charge >= 0.3 is 0 Å². The minimum Gasteiger partial charge on any atom is -0.369 e. The third-order valence-electron chi connectivity index (χ3n) is 2.33. The molecule has 4 nitrogen and oxygen atoms in total. The van der Waals surface area contributed by atoms with Crippen LogP contribution in [-0.4, -0.2) is 21.5 Å². The molecule has 94 valence electrons. The molecule has 0 atom stereocenters. The zero-order valence-electron chi connectivity index (χ0n) is 10.0. The van der Waals surface area contributed by atoms with E-state index in [0.29, 0.717) is 5.82 Å². The highest BCUT2D eigenvalue weighted by atomic mass is 127. The van der Waals surface area contributed by atoms with Crippen molar-refractivity contribution in [1.29, 1.82) is 0 Å². The summed E-state index contributed by atoms with van der Waals surface area (Å²) < 4.78 is 1.94. The molecule has 0 aliphatic heterocycles. The van der Waals surface area contributed by atoms with Crippen LogP contribution in [0.3, 0.4) is 0 Å². The third-order valence-corrected chi connectivity index (χ3v) is 4.26. The van der Waals surface area contributed by atoms with E-state index in [1.807, 2.05) is 26.0 Å². The number of anilines is 1. The second-order valence-corrected chi connectivity index (χ2v) is 5.59. The van der Waals surface area contributed by atoms with Crippen LogP contribution in [-0.2, 0) is 0 Å². The summed E-state index contributed by atoms with van der Waals surface area (Å²) in [5.74, 6) is 1.49. The zero-order chi connectivity index (χ0) is 13.1. The standard InChI is InChI=1S/C12H12BrIN4/c1-3-15-11-9(14)7(2)17-12(18-11)10-8(13)5-4-6-16-10/h4-6H,3H2,1-2H3,(H,15,17,18). The molecule has 2 rings (SSSR count). The average molecular weight is 419 g/mol. The van der Waals surface area contributed by atoms with Crippen molar-refractivity contribution >= 4 is 44.3 Å². The first-order chi connectivity index (χ1) is 8.63. The van der Waals surface area contributed by atoms with E-state index in [2.05, 4.69) is 58.8 Å². The molecule has 2 heterocycles. The maximum atomic E-state index is 4.53. The minimum absolute atomic E-state index is 0.636. The van der Waals surface area contributed by atoms with Gasteiger partial charge in [0, 0.05) is 17.2 Å². The van der Waals surface area contributed by atoms with Crippen LogP contribution in [0, 0.1) is 10.5 Å². The summed E-state index contributed by atoms with van der Waals surface area (Å²) in [5, 5.41) is 3.24. The SMILES string of the molecule is CCNc1nc(-c2ncccc2Br)nc(C)c1I. The van der Waals surface area contributed by atoms with E-state index in [9.17, 15) is 0 Å². The largest absolute Gasteiger partial charge is 0.369 e. The van der Waals surface area contributed by atoms with Crippen molar-refractivity contribution in [2.24, 2.45) is 0 Å². The van der Waals surface area contributed by atoms with Crippen LogP contribution in [0.4, 0.5) is 5.82 Å². The number of rotatable bonds is 3. The highest BCUT2D eigenvalue weighted by Gasteiger charge is 2.13. The Labute approximate surface area is 128 Å². The summed E-state index contributed by atoms with van der Waals surface area (Å²) in [6.07, 6.45) is 1.74. The lowest BCUT2D eigenvalue weighted by Gasteiger charge is -2.10. The smallest absolute Gasteiger partial charge is 0.181 e. The average Bonchev–Trinajstić information content (AvgIpc) is 2.35. The van der Waals surface area contributed by atoms with Crippen LogP contribution in [0.1, 0.15) is 12.6 Å². The fourth-order valence-corrected chi connectivity index (χ4v) is 2.36. The van der Waals surface area contributed by atoms with Crippen molar-refractivity contribution in [3.63, 3.8) is 0 Å². The zero-order valence-corrected chi connectivity index (χ0v) is 13.8. The maximum Gasteiger partial charge on any atom is 0.181 e. The van der Waals surface area contributed by atoms with E-state index in [1.54, 1.807) is 6.20 Å². The van der Waals surface area contributed by atoms with Crippen molar-refractivity contribution in [2.45, 2.75) is 13.8 Å². The van der Waals surface area contributed by atoms with Crippen molar-refractivity contribution in [3.05, 3.63) is 32.1 Å². The highest BCUT2D eigenvalue weighted by molar-refractivity contribution is 14.1. The Balaban J connectivity index is 2.56. The highest BCUT2D eigenvalue weighted by Crippen LogP contribution is 2.26. The molecule has 0 unspecified atom stereocenters. The van der Waals surface area contributed by atoms with Gasteiger partial charge in [0.05, 0.1) is 9.26 Å². The summed E-state index contributed by atoms with van der Waals surface area (Å²) in [4.78, 5) is 13.3. The fourth-order valence-electron chi connectivity index (χ4n) is 1.50. The van der Waals surface area contributed by atoms with Gasteiger partial charge in [-0.1, -0.05) is 0 Å². The first-order valence-electron chi connectivity index (χ1n) is 5.52. The summed E-state index contributed by atoms with van der Waals surface area (Å²) in [6.45, 7) is 4.85. The molecule has 1 N–H and O–H groups in total. The van der Waals surface area contributed by atoms with Crippen LogP contribution in [0.5, 0.6) is 0 Å². The van der Waals surface area contributed by atoms with Gasteiger partial charge in [-0.25, -0.2) is 9.97 Å². The molecular weight excluding hydrogens is 407 g/mol. The Morgan fingerprint density at radius 1 is 1.39 bits per heavy atom. The van der Waals surface area contributed by atoms with E-state index in [1.165, 1.54) is 0 Å². The van der Waals surface area contributed by atoms with Gasteiger partial charge in [0.15, 0.2) is 5.82 Å². The van der Waals surface area contributed by atoms with Gasteiger partial charge in [0.2, 0.25) is 0 Å². The van der Waals surface area contributed by atoms with E-state index in [4.69, 9.17) is 0 Å². The Kier molecular flexibility index (Phi) is 4.50. The van der Waals surface area contributed by atoms with Gasteiger partial charge in [-0.15, -0.1) is 0 Å². The lowest BCUT2D eigenvalue weighted by Crippen LogP contribution is -2.06. The number of nitrogens with one attached hydrogen (secondary N) is 1. The summed E-state index contributed by atoms with van der Waals surface area (Å²) >= 11 is 5.73. The molecule has 0 amide bonds. The number of halogens is 2. The minimum atomic E-state index is 0.636. The van der Waals surface area contributed by atoms with E-state index in [0.717, 1.165) is 31.8 Å². The molecule has 18 heavy (non-hydrogen) atoms. The van der Waals surface area contributed by atoms with Crippen LogP contribution < -0.4 is 5.32 Å². The molecule has 6 heteroatoms. The number of aromatic nitrogens is 3. The molecule has 0 saturated carbocycles. The summed E-state index contributed by atoms with van der Waals surface area (Å²) in [7, 11) is 0. The normalized spacial score (nSPS) is 10.4. The van der Waals surface area contributed by atoms with Crippen molar-refractivity contribution in [1.82, 2.24) is 15.0 Å². The molecule has 0 aliphatic carbocycles. The second-order valence-electron chi connectivity index (χ2n) is 3.66. The Bertz CT molecular complexity index is 574. The van der Waals surface area contributed by atoms with Gasteiger partial charge in [-0.05, 0) is 64.5 Å². The molecule has 0 fully saturated rings. The summed E-state index contributed by atoms with van der Waals surface area (Å²) in [6, 6.07) is 3.81. The van der Waals surface area contributed by atoms with Gasteiger partial charge in [0.25, 0.3) is 0 Å². The number of aryl methyl sites for hydroxylation is 1. The Hall–Kier alpha value is -0.760. The van der Waals surface area contributed by atoms with Crippen LogP contribution in [0.15, 0.2) is 22.8 Å². The van der Waals surface area contributed by atoms with Crippen LogP contribution in [0.2, 0.25) is 0 Å². The molecular formula is C12H12BrIN4. The topological polar surface area (TPSA) is 50.7 Å². The van der Waals surface area contributed by atoms with E-state index < -0.39 is 0 Å². The van der Waals surface area contributed by atoms with E-state index >= 15 is 0 Å². The van der Waals surface area contributed by atoms with Crippen LogP contribution in [0.25, 0.3) is 11.5 Å². The quantitative estimate of drug-likeness (QED) is 0.773. The molecule has 0 saturated heterocycles. The lowest BCUT2D eigenvalue weighted by molar-refractivity contribution is 1.05. The Morgan fingerprint density at radius 3 is 2.83 bits per heavy atom. The molecule has 0 aromatic carbocycles. The first kappa shape index (κ1) is 13.7. The number of nitrogens with zero attached hydrogens (tertiary/aromatic N) is 3. The molecule has 0 bridgehead atoms. The summed E-state index contributed by atoms with van der Waals surface area (Å²) in [5.41, 5.74) is 1.71. The number of pyridine rings is 1. The van der Waals surface area contributed by atoms with Gasteiger partial charge < -0.3 is 5.32 Å². The molecule has 0 radical (unpaired) electrons. The number of hydrogen-bond donors (Lipinski definition) is 1. The lowest BCUT2D eigenvalue weighted by atomic mass is 10.3. The molecule has 2 aromatic heterocycles. The van der Waals surface area contributed by atoms with E-state index in [-0.39, 0.29) is 0 Å². The fraction of sp³-hybridized carbons (Fsp3) is 0.250. The van der Waals surface area contributed by atoms with Crippen LogP contribution >= 0.6 is 38.5 Å². The van der Waals surface area contributed by atoms with Crippen molar-refractivity contribution < 1.29 is 0 Å². The maximum absolute atomic E-state index is 4.53. The van der Waals surface area contributed by atoms with Gasteiger partial charge in [0.1, 0.15) is 11.5 Å². The molecule has 0 aliphatic rings. The number of hydrogen-bond acceptors (Lipinski definition) is 4.